The van der Waals surface area contributed by atoms with Crippen LogP contribution in [0.5, 0.6) is 0 Å². The van der Waals surface area contributed by atoms with Crippen molar-refractivity contribution in [3.8, 4) is 0 Å². The number of carbonyl (C=O) groups is 1. The highest BCUT2D eigenvalue weighted by Gasteiger charge is 2.08. The first-order valence-electron chi connectivity index (χ1n) is 4.87. The molecule has 18 heavy (non-hydrogen) atoms. The Morgan fingerprint density at radius 1 is 1.44 bits per heavy atom. The highest BCUT2D eigenvalue weighted by atomic mass is 79.9. The van der Waals surface area contributed by atoms with Crippen molar-refractivity contribution in [3.05, 3.63) is 56.1 Å². The van der Waals surface area contributed by atoms with Gasteiger partial charge in [-0.2, -0.15) is 0 Å². The number of carbonyl (C=O) groups excluding carboxylic acids is 1. The van der Waals surface area contributed by atoms with Gasteiger partial charge in [-0.15, -0.1) is 0 Å². The van der Waals surface area contributed by atoms with Gasteiger partial charge in [0, 0.05) is 16.4 Å². The smallest absolute Gasteiger partial charge is 0.275 e. The van der Waals surface area contributed by atoms with E-state index < -0.39 is 5.91 Å². The van der Waals surface area contributed by atoms with Crippen molar-refractivity contribution in [1.82, 2.24) is 9.97 Å². The molecule has 1 amide bonds. The number of halogens is 2. The van der Waals surface area contributed by atoms with E-state index in [0.717, 1.165) is 6.20 Å². The lowest BCUT2D eigenvalue weighted by atomic mass is 10.3. The molecule has 0 spiro atoms. The molecule has 7 heteroatoms. The van der Waals surface area contributed by atoms with Gasteiger partial charge in [-0.1, -0.05) is 11.6 Å². The van der Waals surface area contributed by atoms with Crippen LogP contribution in [0, 0.1) is 0 Å². The summed E-state index contributed by atoms with van der Waals surface area (Å²) in [6, 6.07) is 4.99. The summed E-state index contributed by atoms with van der Waals surface area (Å²) in [6.07, 6.45) is 2.30. The van der Waals surface area contributed by atoms with E-state index in [1.54, 1.807) is 18.2 Å². The van der Waals surface area contributed by atoms with Crippen LogP contribution in [0.4, 0.5) is 5.69 Å². The van der Waals surface area contributed by atoms with E-state index in [2.05, 4.69) is 31.2 Å². The summed E-state index contributed by atoms with van der Waals surface area (Å²) >= 11 is 9.10. The van der Waals surface area contributed by atoms with Gasteiger partial charge < -0.3 is 10.3 Å². The van der Waals surface area contributed by atoms with Gasteiger partial charge >= 0.3 is 0 Å². The lowest BCUT2D eigenvalue weighted by Crippen LogP contribution is -2.16. The van der Waals surface area contributed by atoms with Crippen molar-refractivity contribution in [3.63, 3.8) is 0 Å². The summed E-state index contributed by atoms with van der Waals surface area (Å²) in [6.45, 7) is 0. The van der Waals surface area contributed by atoms with Crippen molar-refractivity contribution in [2.24, 2.45) is 0 Å². The van der Waals surface area contributed by atoms with Gasteiger partial charge in [0.2, 0.25) is 0 Å². The Kier molecular flexibility index (Phi) is 3.78. The van der Waals surface area contributed by atoms with Crippen LogP contribution in [-0.2, 0) is 0 Å². The molecule has 2 rings (SSSR count). The molecule has 0 radical (unpaired) electrons. The number of rotatable bonds is 2. The summed E-state index contributed by atoms with van der Waals surface area (Å²) in [5.74, 6) is -0.416. The number of H-pyrrole nitrogens is 1. The van der Waals surface area contributed by atoms with E-state index >= 15 is 0 Å². The average molecular weight is 329 g/mol. The van der Waals surface area contributed by atoms with Crippen LogP contribution in [0.2, 0.25) is 5.02 Å². The van der Waals surface area contributed by atoms with Gasteiger partial charge in [-0.05, 0) is 34.1 Å². The number of hydrogen-bond donors (Lipinski definition) is 2. The normalized spacial score (nSPS) is 10.1. The second-order valence-electron chi connectivity index (χ2n) is 3.38. The molecular formula is C11H7BrClN3O2. The van der Waals surface area contributed by atoms with Crippen LogP contribution in [0.1, 0.15) is 10.5 Å². The van der Waals surface area contributed by atoms with Crippen LogP contribution < -0.4 is 10.9 Å². The average Bonchev–Trinajstić information content (AvgIpc) is 2.34. The minimum absolute atomic E-state index is 0.126. The number of benzene rings is 1. The Bertz CT molecular complexity index is 636. The minimum atomic E-state index is -0.416. The monoisotopic (exact) mass is 327 g/mol. The quantitative estimate of drug-likeness (QED) is 0.889. The first-order valence-corrected chi connectivity index (χ1v) is 6.04. The van der Waals surface area contributed by atoms with E-state index in [-0.39, 0.29) is 11.3 Å². The number of aromatic amines is 1. The first-order chi connectivity index (χ1) is 8.56. The molecule has 0 saturated carbocycles. The highest BCUT2D eigenvalue weighted by molar-refractivity contribution is 9.10. The molecule has 0 aliphatic heterocycles. The largest absolute Gasteiger partial charge is 0.325 e. The molecule has 2 aromatic rings. The number of anilines is 1. The Labute approximate surface area is 115 Å². The SMILES string of the molecule is O=C(Nc1ccc(Cl)c(Br)c1)c1c[nH]c(=O)cn1. The number of hydrogen-bond acceptors (Lipinski definition) is 3. The summed E-state index contributed by atoms with van der Waals surface area (Å²) in [5, 5.41) is 3.18. The maximum absolute atomic E-state index is 11.8. The molecule has 2 N–H and O–H groups in total. The fourth-order valence-electron chi connectivity index (χ4n) is 1.24. The lowest BCUT2D eigenvalue weighted by molar-refractivity contribution is 0.102. The third kappa shape index (κ3) is 2.96. The van der Waals surface area contributed by atoms with Crippen molar-refractivity contribution in [2.75, 3.05) is 5.32 Å². The van der Waals surface area contributed by atoms with E-state index in [4.69, 9.17) is 11.6 Å². The Balaban J connectivity index is 2.18. The molecule has 1 heterocycles. The first kappa shape index (κ1) is 12.8. The molecule has 0 saturated heterocycles. The molecule has 0 fully saturated rings. The standard InChI is InChI=1S/C11H7BrClN3O2/c12-7-3-6(1-2-8(7)13)16-11(18)9-4-15-10(17)5-14-9/h1-5H,(H,15,17)(H,16,18). The fraction of sp³-hybridized carbons (Fsp3) is 0. The Morgan fingerprint density at radius 2 is 2.22 bits per heavy atom. The highest BCUT2D eigenvalue weighted by Crippen LogP contribution is 2.25. The lowest BCUT2D eigenvalue weighted by Gasteiger charge is -2.05. The zero-order valence-corrected chi connectivity index (χ0v) is 11.2. The molecule has 1 aromatic carbocycles. The van der Waals surface area contributed by atoms with Gasteiger partial charge in [0.1, 0.15) is 5.69 Å². The summed E-state index contributed by atoms with van der Waals surface area (Å²) in [4.78, 5) is 28.7. The number of amides is 1. The van der Waals surface area contributed by atoms with Crippen molar-refractivity contribution < 1.29 is 4.79 Å². The maximum Gasteiger partial charge on any atom is 0.275 e. The molecule has 0 unspecified atom stereocenters. The second-order valence-corrected chi connectivity index (χ2v) is 4.64. The molecule has 0 aliphatic carbocycles. The minimum Gasteiger partial charge on any atom is -0.325 e. The van der Waals surface area contributed by atoms with Crippen LogP contribution in [0.25, 0.3) is 0 Å². The van der Waals surface area contributed by atoms with Gasteiger partial charge in [-0.3, -0.25) is 9.59 Å². The maximum atomic E-state index is 11.8. The summed E-state index contributed by atoms with van der Waals surface area (Å²) in [5.41, 5.74) is 0.339. The van der Waals surface area contributed by atoms with E-state index in [9.17, 15) is 9.59 Å². The molecule has 0 atom stereocenters. The third-order valence-electron chi connectivity index (χ3n) is 2.08. The number of aromatic nitrogens is 2. The van der Waals surface area contributed by atoms with Crippen LogP contribution in [-0.4, -0.2) is 15.9 Å². The van der Waals surface area contributed by atoms with Crippen LogP contribution in [0.15, 0.2) is 39.9 Å². The van der Waals surface area contributed by atoms with Crippen molar-refractivity contribution in [2.45, 2.75) is 0 Å². The molecular weight excluding hydrogens is 321 g/mol. The Hall–Kier alpha value is -1.66. The molecule has 1 aromatic heterocycles. The second kappa shape index (κ2) is 5.32. The Morgan fingerprint density at radius 3 is 2.83 bits per heavy atom. The summed E-state index contributed by atoms with van der Waals surface area (Å²) in [7, 11) is 0. The molecule has 0 bridgehead atoms. The third-order valence-corrected chi connectivity index (χ3v) is 3.30. The summed E-state index contributed by atoms with van der Waals surface area (Å²) < 4.78 is 0.677. The van der Waals surface area contributed by atoms with E-state index in [0.29, 0.717) is 15.2 Å². The fourth-order valence-corrected chi connectivity index (χ4v) is 1.73. The zero-order valence-electron chi connectivity index (χ0n) is 8.91. The van der Waals surface area contributed by atoms with Gasteiger partial charge in [-0.25, -0.2) is 4.98 Å². The number of nitrogens with zero attached hydrogens (tertiary/aromatic N) is 1. The predicted octanol–water partition coefficient (Wildman–Crippen LogP) is 2.44. The van der Waals surface area contributed by atoms with Gasteiger partial charge in [0.15, 0.2) is 0 Å². The van der Waals surface area contributed by atoms with Gasteiger partial charge in [0.25, 0.3) is 11.5 Å². The molecule has 5 nitrogen and oxygen atoms in total. The van der Waals surface area contributed by atoms with Crippen molar-refractivity contribution >= 4 is 39.1 Å². The predicted molar refractivity (Wildman–Crippen MR) is 72.0 cm³/mol. The van der Waals surface area contributed by atoms with E-state index in [1.807, 2.05) is 0 Å². The number of nitrogens with one attached hydrogen (secondary N) is 2. The van der Waals surface area contributed by atoms with E-state index in [1.165, 1.54) is 6.20 Å². The van der Waals surface area contributed by atoms with Crippen LogP contribution in [0.3, 0.4) is 0 Å². The zero-order chi connectivity index (χ0) is 13.1. The van der Waals surface area contributed by atoms with Gasteiger partial charge in [0.05, 0.1) is 11.2 Å². The van der Waals surface area contributed by atoms with Crippen LogP contribution >= 0.6 is 27.5 Å². The molecule has 92 valence electrons. The van der Waals surface area contributed by atoms with Crippen molar-refractivity contribution in [1.29, 1.82) is 0 Å². The topological polar surface area (TPSA) is 74.8 Å². The molecule has 0 aliphatic rings.